The van der Waals surface area contributed by atoms with Crippen LogP contribution in [0.3, 0.4) is 0 Å². The van der Waals surface area contributed by atoms with Gasteiger partial charge in [0.1, 0.15) is 0 Å². The molecule has 24 heavy (non-hydrogen) atoms. The SMILES string of the molecule is CC1(C)OB(c2ccccc2C(=O)NCC2CCOC2)OC1(C)C. The van der Waals surface area contributed by atoms with Gasteiger partial charge in [-0.1, -0.05) is 18.2 Å². The average molecular weight is 331 g/mol. The van der Waals surface area contributed by atoms with E-state index in [-0.39, 0.29) is 5.91 Å². The Bertz CT molecular complexity index is 595. The molecule has 1 N–H and O–H groups in total. The highest BCUT2D eigenvalue weighted by atomic mass is 16.7. The second-order valence-electron chi connectivity index (χ2n) is 7.62. The lowest BCUT2D eigenvalue weighted by Gasteiger charge is -2.32. The predicted molar refractivity (Wildman–Crippen MR) is 93.4 cm³/mol. The van der Waals surface area contributed by atoms with Gasteiger partial charge in [0.05, 0.1) is 17.8 Å². The maximum atomic E-state index is 12.6. The zero-order valence-electron chi connectivity index (χ0n) is 14.9. The van der Waals surface area contributed by atoms with Crippen molar-refractivity contribution in [3.05, 3.63) is 29.8 Å². The second-order valence-corrected chi connectivity index (χ2v) is 7.62. The number of amides is 1. The van der Waals surface area contributed by atoms with Gasteiger partial charge in [0.15, 0.2) is 0 Å². The van der Waals surface area contributed by atoms with E-state index in [1.807, 2.05) is 52.0 Å². The van der Waals surface area contributed by atoms with Crippen molar-refractivity contribution >= 4 is 18.5 Å². The van der Waals surface area contributed by atoms with Crippen LogP contribution in [0.4, 0.5) is 0 Å². The van der Waals surface area contributed by atoms with Crippen LogP contribution in [0.1, 0.15) is 44.5 Å². The van der Waals surface area contributed by atoms with E-state index < -0.39 is 18.3 Å². The lowest BCUT2D eigenvalue weighted by atomic mass is 9.75. The number of benzene rings is 1. The number of nitrogens with one attached hydrogen (secondary N) is 1. The average Bonchev–Trinajstić information content (AvgIpc) is 3.11. The molecule has 0 spiro atoms. The molecule has 0 radical (unpaired) electrons. The summed E-state index contributed by atoms with van der Waals surface area (Å²) in [5, 5.41) is 3.02. The molecule has 0 saturated carbocycles. The molecule has 130 valence electrons. The summed E-state index contributed by atoms with van der Waals surface area (Å²) >= 11 is 0. The molecule has 1 amide bonds. The fourth-order valence-electron chi connectivity index (χ4n) is 2.96. The summed E-state index contributed by atoms with van der Waals surface area (Å²) in [5.41, 5.74) is 0.525. The topological polar surface area (TPSA) is 56.8 Å². The van der Waals surface area contributed by atoms with Crippen molar-refractivity contribution in [2.24, 2.45) is 5.92 Å². The Morgan fingerprint density at radius 1 is 1.21 bits per heavy atom. The highest BCUT2D eigenvalue weighted by Crippen LogP contribution is 2.36. The van der Waals surface area contributed by atoms with Crippen LogP contribution in [0.2, 0.25) is 0 Å². The Hall–Kier alpha value is -1.37. The van der Waals surface area contributed by atoms with Gasteiger partial charge < -0.3 is 19.4 Å². The van der Waals surface area contributed by atoms with Gasteiger partial charge in [-0.15, -0.1) is 0 Å². The lowest BCUT2D eigenvalue weighted by Crippen LogP contribution is -2.41. The molecule has 0 aromatic heterocycles. The molecule has 3 rings (SSSR count). The van der Waals surface area contributed by atoms with Crippen LogP contribution in [0.5, 0.6) is 0 Å². The highest BCUT2D eigenvalue weighted by molar-refractivity contribution is 6.63. The Balaban J connectivity index is 1.74. The van der Waals surface area contributed by atoms with Gasteiger partial charge in [-0.25, -0.2) is 0 Å². The van der Waals surface area contributed by atoms with Crippen molar-refractivity contribution in [2.45, 2.75) is 45.3 Å². The Kier molecular flexibility index (Phi) is 4.73. The zero-order chi connectivity index (χ0) is 17.4. The molecule has 5 nitrogen and oxygen atoms in total. The van der Waals surface area contributed by atoms with Crippen LogP contribution < -0.4 is 10.8 Å². The smallest absolute Gasteiger partial charge is 0.399 e. The van der Waals surface area contributed by atoms with Gasteiger partial charge in [0.25, 0.3) is 5.91 Å². The van der Waals surface area contributed by atoms with E-state index in [1.165, 1.54) is 0 Å². The first-order valence-corrected chi connectivity index (χ1v) is 8.61. The van der Waals surface area contributed by atoms with Crippen molar-refractivity contribution in [3.63, 3.8) is 0 Å². The maximum absolute atomic E-state index is 12.6. The summed E-state index contributed by atoms with van der Waals surface area (Å²) in [6.45, 7) is 10.2. The summed E-state index contributed by atoms with van der Waals surface area (Å²) in [7, 11) is -0.535. The van der Waals surface area contributed by atoms with Crippen LogP contribution in [-0.4, -0.2) is 44.0 Å². The van der Waals surface area contributed by atoms with Crippen LogP contribution in [-0.2, 0) is 14.0 Å². The number of hydrogen-bond donors (Lipinski definition) is 1. The first-order chi connectivity index (χ1) is 11.3. The second kappa shape index (κ2) is 6.50. The molecule has 2 aliphatic rings. The number of carbonyl (C=O) groups is 1. The molecule has 0 bridgehead atoms. The monoisotopic (exact) mass is 331 g/mol. The summed E-state index contributed by atoms with van der Waals surface area (Å²) < 4.78 is 17.5. The normalized spacial score (nSPS) is 25.0. The first kappa shape index (κ1) is 17.5. The fourth-order valence-corrected chi connectivity index (χ4v) is 2.96. The zero-order valence-corrected chi connectivity index (χ0v) is 14.9. The quantitative estimate of drug-likeness (QED) is 0.854. The van der Waals surface area contributed by atoms with Crippen LogP contribution in [0, 0.1) is 5.92 Å². The molecule has 1 aromatic rings. The van der Waals surface area contributed by atoms with Crippen molar-refractivity contribution in [1.82, 2.24) is 5.32 Å². The summed E-state index contributed by atoms with van der Waals surface area (Å²) in [5.74, 6) is 0.310. The van der Waals surface area contributed by atoms with E-state index in [4.69, 9.17) is 14.0 Å². The molecule has 1 unspecified atom stereocenters. The van der Waals surface area contributed by atoms with Crippen molar-refractivity contribution in [1.29, 1.82) is 0 Å². The molecule has 2 heterocycles. The van der Waals surface area contributed by atoms with Gasteiger partial charge in [-0.2, -0.15) is 0 Å². The summed E-state index contributed by atoms with van der Waals surface area (Å²) in [6, 6.07) is 7.49. The van der Waals surface area contributed by atoms with E-state index in [0.29, 0.717) is 18.0 Å². The predicted octanol–water partition coefficient (Wildman–Crippen LogP) is 1.75. The number of carbonyl (C=O) groups excluding carboxylic acids is 1. The van der Waals surface area contributed by atoms with Crippen molar-refractivity contribution in [2.75, 3.05) is 19.8 Å². The van der Waals surface area contributed by atoms with Crippen LogP contribution in [0.15, 0.2) is 24.3 Å². The third kappa shape index (κ3) is 3.36. The Morgan fingerprint density at radius 2 is 1.88 bits per heavy atom. The standard InChI is InChI=1S/C18H26BNO4/c1-17(2)18(3,4)24-19(23-17)15-8-6-5-7-14(15)16(21)20-11-13-9-10-22-12-13/h5-8,13H,9-12H2,1-4H3,(H,20,21). The van der Waals surface area contributed by atoms with E-state index in [2.05, 4.69) is 5.32 Å². The molecular weight excluding hydrogens is 305 g/mol. The molecule has 6 heteroatoms. The minimum atomic E-state index is -0.535. The van der Waals surface area contributed by atoms with E-state index >= 15 is 0 Å². The maximum Gasteiger partial charge on any atom is 0.495 e. The largest absolute Gasteiger partial charge is 0.495 e. The third-order valence-electron chi connectivity index (χ3n) is 5.29. The molecular formula is C18H26BNO4. The summed E-state index contributed by atoms with van der Waals surface area (Å²) in [6.07, 6.45) is 0.999. The Morgan fingerprint density at radius 3 is 2.50 bits per heavy atom. The minimum absolute atomic E-state index is 0.0905. The van der Waals surface area contributed by atoms with Crippen LogP contribution >= 0.6 is 0 Å². The van der Waals surface area contributed by atoms with Crippen molar-refractivity contribution < 1.29 is 18.8 Å². The highest BCUT2D eigenvalue weighted by Gasteiger charge is 2.52. The molecule has 2 fully saturated rings. The molecule has 0 aliphatic carbocycles. The third-order valence-corrected chi connectivity index (χ3v) is 5.29. The van der Waals surface area contributed by atoms with Gasteiger partial charge >= 0.3 is 7.12 Å². The molecule has 1 aromatic carbocycles. The van der Waals surface area contributed by atoms with Gasteiger partial charge in [-0.3, -0.25) is 4.79 Å². The Labute approximate surface area is 144 Å². The van der Waals surface area contributed by atoms with Gasteiger partial charge in [0.2, 0.25) is 0 Å². The van der Waals surface area contributed by atoms with E-state index in [9.17, 15) is 4.79 Å². The fraction of sp³-hybridized carbons (Fsp3) is 0.611. The molecule has 2 saturated heterocycles. The van der Waals surface area contributed by atoms with Crippen LogP contribution in [0.25, 0.3) is 0 Å². The van der Waals surface area contributed by atoms with Crippen molar-refractivity contribution in [3.8, 4) is 0 Å². The molecule has 1 atom stereocenters. The summed E-state index contributed by atoms with van der Waals surface area (Å²) in [4.78, 5) is 12.6. The lowest BCUT2D eigenvalue weighted by molar-refractivity contribution is 0.00578. The minimum Gasteiger partial charge on any atom is -0.399 e. The molecule has 2 aliphatic heterocycles. The number of ether oxygens (including phenoxy) is 1. The number of rotatable bonds is 4. The number of hydrogen-bond acceptors (Lipinski definition) is 4. The van der Waals surface area contributed by atoms with E-state index in [0.717, 1.165) is 25.1 Å². The van der Waals surface area contributed by atoms with Gasteiger partial charge in [-0.05, 0) is 45.6 Å². The van der Waals surface area contributed by atoms with Gasteiger partial charge in [0, 0.05) is 24.6 Å². The van der Waals surface area contributed by atoms with E-state index in [1.54, 1.807) is 0 Å². The first-order valence-electron chi connectivity index (χ1n) is 8.61.